The van der Waals surface area contributed by atoms with Gasteiger partial charge in [-0.05, 0) is 63.0 Å². The van der Waals surface area contributed by atoms with Gasteiger partial charge in [0.1, 0.15) is 11.2 Å². The summed E-state index contributed by atoms with van der Waals surface area (Å²) in [5.41, 5.74) is 2.42. The highest BCUT2D eigenvalue weighted by Gasteiger charge is 2.17. The van der Waals surface area contributed by atoms with Gasteiger partial charge in [0.05, 0.1) is 16.4 Å². The third kappa shape index (κ3) is 4.43. The minimum absolute atomic E-state index is 0.0242. The van der Waals surface area contributed by atoms with Crippen molar-refractivity contribution < 1.29 is 20.9 Å². The van der Waals surface area contributed by atoms with E-state index in [0.29, 0.717) is 38.6 Å². The van der Waals surface area contributed by atoms with E-state index in [4.69, 9.17) is 30.8 Å². The molecule has 4 heteroatoms. The fourth-order valence-electron chi connectivity index (χ4n) is 5.53. The third-order valence-electron chi connectivity index (χ3n) is 7.64. The van der Waals surface area contributed by atoms with Gasteiger partial charge in [-0.15, -0.1) is 0 Å². The largest absolute Gasteiger partial charge is 0.456 e. The van der Waals surface area contributed by atoms with E-state index in [1.807, 2.05) is 42.5 Å². The van der Waals surface area contributed by atoms with Crippen molar-refractivity contribution in [2.24, 2.45) is 0 Å². The minimum atomic E-state index is -0.556. The number of hydrogen-bond donors (Lipinski definition) is 0. The van der Waals surface area contributed by atoms with Crippen molar-refractivity contribution in [2.45, 2.75) is 0 Å². The van der Waals surface area contributed by atoms with Crippen molar-refractivity contribution in [1.29, 1.82) is 0 Å². The number of nitrogens with zero attached hydrogens (tertiary/aromatic N) is 3. The lowest BCUT2D eigenvalue weighted by Crippen LogP contribution is -2.00. The first-order chi connectivity index (χ1) is 27.3. The highest BCUT2D eigenvalue weighted by molar-refractivity contribution is 6.11. The van der Waals surface area contributed by atoms with Gasteiger partial charge in [0.15, 0.2) is 17.5 Å². The van der Waals surface area contributed by atoms with Crippen LogP contribution in [-0.2, 0) is 0 Å². The van der Waals surface area contributed by atoms with E-state index in [9.17, 15) is 0 Å². The van der Waals surface area contributed by atoms with Crippen LogP contribution in [0.2, 0.25) is 0 Å². The van der Waals surface area contributed by atoms with Gasteiger partial charge in [-0.1, -0.05) is 121 Å². The predicted octanol–water partition coefficient (Wildman–Crippen LogP) is 10.7. The van der Waals surface area contributed by atoms with Gasteiger partial charge >= 0.3 is 0 Å². The van der Waals surface area contributed by atoms with E-state index < -0.39 is 60.4 Å². The maximum absolute atomic E-state index is 9.03. The van der Waals surface area contributed by atoms with E-state index >= 15 is 0 Å². The zero-order chi connectivity index (χ0) is 40.2. The van der Waals surface area contributed by atoms with Gasteiger partial charge in [-0.2, -0.15) is 0 Å². The molecule has 0 radical (unpaired) electrons. The van der Waals surface area contributed by atoms with Crippen molar-refractivity contribution in [1.82, 2.24) is 15.0 Å². The van der Waals surface area contributed by atoms with E-state index in [1.165, 1.54) is 0 Å². The first-order valence-electron chi connectivity index (χ1n) is 20.0. The van der Waals surface area contributed by atoms with Gasteiger partial charge < -0.3 is 4.42 Å². The topological polar surface area (TPSA) is 51.8 Å². The SMILES string of the molecule is [2H]c1c([2H])c([2H])c(-c2nc(-c3ccc4ccc(-c5c([2H])c([2H])c6c([2H])c([2H])c([2H])c([2H])c6c5[2H])cc4c3)nc(-c3cccc4oc5ccccc5c34)n2)c([2H])c1[2H]. The number of rotatable bonds is 4. The maximum Gasteiger partial charge on any atom is 0.164 e. The second-order valence-corrected chi connectivity index (χ2v) is 10.4. The fourth-order valence-corrected chi connectivity index (χ4v) is 5.53. The molecule has 2 aromatic heterocycles. The molecule has 0 atom stereocenters. The Hall–Kier alpha value is -6.13. The Labute approximate surface area is 276 Å². The van der Waals surface area contributed by atoms with Crippen molar-refractivity contribution in [3.05, 3.63) is 151 Å². The van der Waals surface area contributed by atoms with Crippen LogP contribution in [-0.4, -0.2) is 15.0 Å². The zero-order valence-electron chi connectivity index (χ0n) is 35.3. The smallest absolute Gasteiger partial charge is 0.164 e. The maximum atomic E-state index is 9.03. The molecule has 0 amide bonds. The van der Waals surface area contributed by atoms with Gasteiger partial charge in [0.25, 0.3) is 0 Å². The Balaban J connectivity index is 1.28. The molecule has 0 saturated carbocycles. The number of aromatic nitrogens is 3. The van der Waals surface area contributed by atoms with Gasteiger partial charge in [0, 0.05) is 27.5 Å². The second-order valence-electron chi connectivity index (χ2n) is 10.4. The lowest BCUT2D eigenvalue weighted by Gasteiger charge is -2.10. The number of benzene rings is 7. The molecule has 9 rings (SSSR count). The molecule has 0 unspecified atom stereocenters. The second kappa shape index (κ2) is 10.2. The Kier molecular flexibility index (Phi) is 3.66. The quantitative estimate of drug-likeness (QED) is 0.205. The molecule has 210 valence electrons. The van der Waals surface area contributed by atoms with Crippen molar-refractivity contribution in [3.63, 3.8) is 0 Å². The summed E-state index contributed by atoms with van der Waals surface area (Å²) in [5, 5.41) is 2.54. The molecule has 45 heavy (non-hydrogen) atoms. The molecular weight excluding hydrogens is 550 g/mol. The molecule has 0 aliphatic rings. The van der Waals surface area contributed by atoms with Crippen molar-refractivity contribution in [3.8, 4) is 45.3 Å². The molecule has 0 spiro atoms. The summed E-state index contributed by atoms with van der Waals surface area (Å²) < 4.78 is 108. The van der Waals surface area contributed by atoms with Crippen LogP contribution in [0.15, 0.2) is 156 Å². The van der Waals surface area contributed by atoms with Crippen LogP contribution < -0.4 is 0 Å². The van der Waals surface area contributed by atoms with Gasteiger partial charge in [0.2, 0.25) is 0 Å². The summed E-state index contributed by atoms with van der Waals surface area (Å²) in [6, 6.07) is 17.7. The molecular formula is C41H25N3O. The molecule has 0 aliphatic carbocycles. The highest BCUT2D eigenvalue weighted by atomic mass is 16.3. The number of furan rings is 1. The lowest BCUT2D eigenvalue weighted by atomic mass is 9.98. The first kappa shape index (κ1) is 16.1. The van der Waals surface area contributed by atoms with Crippen LogP contribution >= 0.6 is 0 Å². The molecule has 0 aliphatic heterocycles. The Morgan fingerprint density at radius 1 is 0.467 bits per heavy atom. The Morgan fingerprint density at radius 2 is 1.18 bits per heavy atom. The lowest BCUT2D eigenvalue weighted by molar-refractivity contribution is 0.669. The first-order valence-corrected chi connectivity index (χ1v) is 14.0. The van der Waals surface area contributed by atoms with Crippen LogP contribution in [0, 0.1) is 0 Å². The van der Waals surface area contributed by atoms with E-state index in [-0.39, 0.29) is 51.5 Å². The van der Waals surface area contributed by atoms with Crippen LogP contribution in [0.25, 0.3) is 88.8 Å². The monoisotopic (exact) mass is 587 g/mol. The van der Waals surface area contributed by atoms with Gasteiger partial charge in [-0.3, -0.25) is 0 Å². The summed E-state index contributed by atoms with van der Waals surface area (Å²) in [4.78, 5) is 14.3. The predicted molar refractivity (Wildman–Crippen MR) is 184 cm³/mol. The summed E-state index contributed by atoms with van der Waals surface area (Å²) in [5.74, 6) is 0.137. The van der Waals surface area contributed by atoms with Crippen molar-refractivity contribution in [2.75, 3.05) is 0 Å². The highest BCUT2D eigenvalue weighted by Crippen LogP contribution is 2.37. The number of fused-ring (bicyclic) bond motifs is 5. The average molecular weight is 588 g/mol. The number of hydrogen-bond acceptors (Lipinski definition) is 4. The normalized spacial score (nSPS) is 15.3. The van der Waals surface area contributed by atoms with Crippen LogP contribution in [0.5, 0.6) is 0 Å². The number of para-hydroxylation sites is 1. The van der Waals surface area contributed by atoms with Gasteiger partial charge in [-0.25, -0.2) is 15.0 Å². The van der Waals surface area contributed by atoms with E-state index in [0.717, 1.165) is 10.8 Å². The molecule has 7 aromatic carbocycles. The van der Waals surface area contributed by atoms with Crippen LogP contribution in [0.4, 0.5) is 0 Å². The average Bonchev–Trinajstić information content (AvgIpc) is 3.60. The van der Waals surface area contributed by atoms with E-state index in [2.05, 4.69) is 4.98 Å². The standard InChI is InChI=1S/C41H25N3O/c1-2-10-28(11-3-1)39-42-40(44-41(43-39)35-14-8-16-37-38(35)34-13-6-7-15-36(34)45-37)32-22-19-27-18-21-31(24-33(27)25-32)30-20-17-26-9-4-5-12-29(26)23-30/h1-25H/i1D,2D,3D,4D,5D,9D,10D,11D,12D,17D,20D,23D. The molecule has 2 heterocycles. The molecule has 4 nitrogen and oxygen atoms in total. The summed E-state index contributed by atoms with van der Waals surface area (Å²) >= 11 is 0. The summed E-state index contributed by atoms with van der Waals surface area (Å²) in [6.07, 6.45) is 0. The Morgan fingerprint density at radius 3 is 2.07 bits per heavy atom. The molecule has 9 aromatic rings. The molecule has 0 N–H and O–H groups in total. The minimum Gasteiger partial charge on any atom is -0.456 e. The Bertz CT molecular complexity index is 3210. The molecule has 0 saturated heterocycles. The van der Waals surface area contributed by atoms with E-state index in [1.54, 1.807) is 36.4 Å². The zero-order valence-corrected chi connectivity index (χ0v) is 23.3. The molecule has 0 fully saturated rings. The fraction of sp³-hybridized carbons (Fsp3) is 0. The summed E-state index contributed by atoms with van der Waals surface area (Å²) in [6.45, 7) is 0. The van der Waals surface area contributed by atoms with Crippen LogP contribution in [0.3, 0.4) is 0 Å². The third-order valence-corrected chi connectivity index (χ3v) is 7.64. The van der Waals surface area contributed by atoms with Crippen LogP contribution in [0.1, 0.15) is 16.4 Å². The summed E-state index contributed by atoms with van der Waals surface area (Å²) in [7, 11) is 0. The van der Waals surface area contributed by atoms with Crippen molar-refractivity contribution >= 4 is 43.5 Å². The molecule has 0 bridgehead atoms.